The molecule has 0 aliphatic carbocycles. The van der Waals surface area contributed by atoms with Crippen molar-refractivity contribution >= 4 is 16.8 Å². The van der Waals surface area contributed by atoms with E-state index in [0.717, 1.165) is 26.1 Å². The first-order chi connectivity index (χ1) is 11.7. The number of nitrogens with one attached hydrogen (secondary N) is 1. The minimum absolute atomic E-state index is 0.356. The summed E-state index contributed by atoms with van der Waals surface area (Å²) in [5.41, 5.74) is 9.75. The number of rotatable bonds is 4. The van der Waals surface area contributed by atoms with Crippen LogP contribution in [0.3, 0.4) is 0 Å². The molecule has 0 radical (unpaired) electrons. The highest BCUT2D eigenvalue weighted by atomic mass is 16.1. The molecule has 0 spiro atoms. The van der Waals surface area contributed by atoms with Gasteiger partial charge in [-0.15, -0.1) is 0 Å². The summed E-state index contributed by atoms with van der Waals surface area (Å²) in [5, 5.41) is 1.30. The molecule has 1 saturated heterocycles. The molecule has 4 heteroatoms. The molecule has 3 N–H and O–H groups in total. The number of nitrogens with two attached hydrogens (primary N) is 1. The largest absolute Gasteiger partial charge is 0.366 e. The number of nitrogens with zero attached hydrogens (tertiary/aromatic N) is 1. The maximum absolute atomic E-state index is 11.4. The second-order valence-corrected chi connectivity index (χ2v) is 6.57. The summed E-state index contributed by atoms with van der Waals surface area (Å²) >= 11 is 0. The van der Waals surface area contributed by atoms with Crippen molar-refractivity contribution in [1.29, 1.82) is 0 Å². The minimum Gasteiger partial charge on any atom is -0.366 e. The first-order valence-electron chi connectivity index (χ1n) is 8.38. The molecular formula is C20H21N3O. The van der Waals surface area contributed by atoms with Crippen LogP contribution in [0, 0.1) is 0 Å². The summed E-state index contributed by atoms with van der Waals surface area (Å²) in [5.74, 6) is 0.111. The zero-order valence-electron chi connectivity index (χ0n) is 13.5. The van der Waals surface area contributed by atoms with Crippen molar-refractivity contribution in [2.45, 2.75) is 18.9 Å². The van der Waals surface area contributed by atoms with Crippen LogP contribution < -0.4 is 5.73 Å². The van der Waals surface area contributed by atoms with Gasteiger partial charge in [0.1, 0.15) is 0 Å². The molecule has 0 saturated carbocycles. The average molecular weight is 319 g/mol. The topological polar surface area (TPSA) is 62.1 Å². The molecular weight excluding hydrogens is 298 g/mol. The average Bonchev–Trinajstić information content (AvgIpc) is 3.23. The maximum Gasteiger partial charge on any atom is 0.248 e. The Bertz CT molecular complexity index is 883. The predicted octanol–water partition coefficient (Wildman–Crippen LogP) is 3.26. The lowest BCUT2D eigenvalue weighted by molar-refractivity contribution is 0.1000. The van der Waals surface area contributed by atoms with E-state index < -0.39 is 0 Å². The van der Waals surface area contributed by atoms with Gasteiger partial charge in [0.25, 0.3) is 0 Å². The number of carbonyl (C=O) groups is 1. The fourth-order valence-corrected chi connectivity index (χ4v) is 3.70. The second kappa shape index (κ2) is 6.13. The van der Waals surface area contributed by atoms with E-state index in [1.807, 2.05) is 12.1 Å². The number of benzene rings is 2. The summed E-state index contributed by atoms with van der Waals surface area (Å²) in [7, 11) is 0. The molecule has 1 amide bonds. The third-order valence-corrected chi connectivity index (χ3v) is 4.98. The molecule has 4 nitrogen and oxygen atoms in total. The Morgan fingerprint density at radius 3 is 2.96 bits per heavy atom. The number of aromatic amines is 1. The van der Waals surface area contributed by atoms with Crippen molar-refractivity contribution < 1.29 is 4.79 Å². The highest BCUT2D eigenvalue weighted by Crippen LogP contribution is 2.29. The number of H-pyrrole nitrogens is 1. The molecule has 1 fully saturated rings. The lowest BCUT2D eigenvalue weighted by Gasteiger charge is -2.16. The van der Waals surface area contributed by atoms with E-state index in [9.17, 15) is 4.79 Å². The number of primary amides is 1. The van der Waals surface area contributed by atoms with Gasteiger partial charge in [-0.1, -0.05) is 30.3 Å². The standard InChI is InChI=1S/C20H21N3O/c21-20(24)15-5-3-4-14(10-15)16-8-9-23(12-16)13-17-11-22-19-7-2-1-6-18(17)19/h1-7,10-11,16,22H,8-9,12-13H2,(H2,21,24). The lowest BCUT2D eigenvalue weighted by atomic mass is 9.96. The van der Waals surface area contributed by atoms with Crippen LogP contribution in [0.25, 0.3) is 10.9 Å². The molecule has 4 rings (SSSR count). The molecule has 1 aromatic heterocycles. The van der Waals surface area contributed by atoms with Gasteiger partial charge < -0.3 is 10.7 Å². The van der Waals surface area contributed by atoms with Gasteiger partial charge >= 0.3 is 0 Å². The van der Waals surface area contributed by atoms with E-state index in [4.69, 9.17) is 5.73 Å². The Hall–Kier alpha value is -2.59. The number of carbonyl (C=O) groups excluding carboxylic acids is 1. The first-order valence-corrected chi connectivity index (χ1v) is 8.38. The van der Waals surface area contributed by atoms with E-state index in [2.05, 4.69) is 46.4 Å². The van der Waals surface area contributed by atoms with Crippen LogP contribution in [0.2, 0.25) is 0 Å². The molecule has 1 aliphatic heterocycles. The van der Waals surface area contributed by atoms with Crippen LogP contribution in [0.15, 0.2) is 54.7 Å². The number of para-hydroxylation sites is 1. The molecule has 2 heterocycles. The Morgan fingerprint density at radius 1 is 1.21 bits per heavy atom. The van der Waals surface area contributed by atoms with Crippen molar-refractivity contribution in [3.05, 3.63) is 71.4 Å². The van der Waals surface area contributed by atoms with E-state index in [1.54, 1.807) is 6.07 Å². The summed E-state index contributed by atoms with van der Waals surface area (Å²) in [6.07, 6.45) is 3.23. The monoisotopic (exact) mass is 319 g/mol. The van der Waals surface area contributed by atoms with Gasteiger partial charge in [0.15, 0.2) is 0 Å². The van der Waals surface area contributed by atoms with E-state index >= 15 is 0 Å². The van der Waals surface area contributed by atoms with Crippen molar-refractivity contribution in [2.75, 3.05) is 13.1 Å². The second-order valence-electron chi connectivity index (χ2n) is 6.57. The molecule has 122 valence electrons. The zero-order chi connectivity index (χ0) is 16.5. The van der Waals surface area contributed by atoms with Crippen molar-refractivity contribution in [3.8, 4) is 0 Å². The Labute approximate surface area is 141 Å². The number of hydrogen-bond donors (Lipinski definition) is 2. The molecule has 3 aromatic rings. The molecule has 1 aliphatic rings. The Balaban J connectivity index is 1.49. The van der Waals surface area contributed by atoms with Crippen LogP contribution in [0.5, 0.6) is 0 Å². The van der Waals surface area contributed by atoms with E-state index in [0.29, 0.717) is 11.5 Å². The SMILES string of the molecule is NC(=O)c1cccc(C2CCN(Cc3c[nH]c4ccccc34)C2)c1. The van der Waals surface area contributed by atoms with Gasteiger partial charge in [0.2, 0.25) is 5.91 Å². The Morgan fingerprint density at radius 2 is 2.08 bits per heavy atom. The molecule has 1 atom stereocenters. The van der Waals surface area contributed by atoms with E-state index in [1.165, 1.54) is 22.0 Å². The van der Waals surface area contributed by atoms with Gasteiger partial charge in [-0.05, 0) is 48.2 Å². The maximum atomic E-state index is 11.4. The minimum atomic E-state index is -0.356. The van der Waals surface area contributed by atoms with Gasteiger partial charge in [0.05, 0.1) is 0 Å². The van der Waals surface area contributed by atoms with Gasteiger partial charge in [-0.3, -0.25) is 9.69 Å². The van der Waals surface area contributed by atoms with Gasteiger partial charge in [-0.2, -0.15) is 0 Å². The smallest absolute Gasteiger partial charge is 0.248 e. The molecule has 1 unspecified atom stereocenters. The van der Waals surface area contributed by atoms with Crippen molar-refractivity contribution in [1.82, 2.24) is 9.88 Å². The Kier molecular flexibility index (Phi) is 3.82. The predicted molar refractivity (Wildman–Crippen MR) is 95.9 cm³/mol. The van der Waals surface area contributed by atoms with Crippen LogP contribution >= 0.6 is 0 Å². The van der Waals surface area contributed by atoms with Gasteiger partial charge in [0, 0.05) is 35.8 Å². The fraction of sp³-hybridized carbons (Fsp3) is 0.250. The van der Waals surface area contributed by atoms with Crippen LogP contribution in [-0.4, -0.2) is 28.9 Å². The summed E-state index contributed by atoms with van der Waals surface area (Å²) < 4.78 is 0. The van der Waals surface area contributed by atoms with E-state index in [-0.39, 0.29) is 5.91 Å². The van der Waals surface area contributed by atoms with Crippen molar-refractivity contribution in [2.24, 2.45) is 5.73 Å². The third-order valence-electron chi connectivity index (χ3n) is 4.98. The summed E-state index contributed by atoms with van der Waals surface area (Å²) in [6.45, 7) is 3.04. The number of fused-ring (bicyclic) bond motifs is 1. The quantitative estimate of drug-likeness (QED) is 0.775. The van der Waals surface area contributed by atoms with Gasteiger partial charge in [-0.25, -0.2) is 0 Å². The first kappa shape index (κ1) is 15.0. The van der Waals surface area contributed by atoms with Crippen LogP contribution in [0.4, 0.5) is 0 Å². The summed E-state index contributed by atoms with van der Waals surface area (Å²) in [4.78, 5) is 17.2. The lowest BCUT2D eigenvalue weighted by Crippen LogP contribution is -2.19. The number of aromatic nitrogens is 1. The summed E-state index contributed by atoms with van der Waals surface area (Å²) in [6, 6.07) is 16.2. The highest BCUT2D eigenvalue weighted by Gasteiger charge is 2.24. The zero-order valence-corrected chi connectivity index (χ0v) is 13.5. The van der Waals surface area contributed by atoms with Crippen LogP contribution in [-0.2, 0) is 6.54 Å². The molecule has 24 heavy (non-hydrogen) atoms. The third kappa shape index (κ3) is 2.81. The number of amides is 1. The fourth-order valence-electron chi connectivity index (χ4n) is 3.70. The number of hydrogen-bond acceptors (Lipinski definition) is 2. The molecule has 2 aromatic carbocycles. The van der Waals surface area contributed by atoms with Crippen LogP contribution in [0.1, 0.15) is 33.8 Å². The normalized spacial score (nSPS) is 18.2. The molecule has 0 bridgehead atoms. The highest BCUT2D eigenvalue weighted by molar-refractivity contribution is 5.92. The van der Waals surface area contributed by atoms with Crippen molar-refractivity contribution in [3.63, 3.8) is 0 Å². The number of likely N-dealkylation sites (tertiary alicyclic amines) is 1.